The number of nitrogens with zero attached hydrogens (tertiary/aromatic N) is 3. The van der Waals surface area contributed by atoms with Gasteiger partial charge in [0.1, 0.15) is 5.82 Å². The molecule has 2 aromatic rings. The smallest absolute Gasteiger partial charge is 0.243 e. The summed E-state index contributed by atoms with van der Waals surface area (Å²) in [4.78, 5) is 6.67. The predicted molar refractivity (Wildman–Crippen MR) is 89.4 cm³/mol. The first kappa shape index (κ1) is 17.0. The van der Waals surface area contributed by atoms with Crippen molar-refractivity contribution in [3.8, 4) is 0 Å². The van der Waals surface area contributed by atoms with Crippen molar-refractivity contribution in [2.75, 3.05) is 26.2 Å². The van der Waals surface area contributed by atoms with E-state index < -0.39 is 15.8 Å². The molecule has 0 N–H and O–H groups in total. The minimum absolute atomic E-state index is 0.182. The minimum atomic E-state index is -3.58. The van der Waals surface area contributed by atoms with Gasteiger partial charge < -0.3 is 0 Å². The fourth-order valence-electron chi connectivity index (χ4n) is 2.89. The lowest BCUT2D eigenvalue weighted by molar-refractivity contribution is 0.180. The van der Waals surface area contributed by atoms with E-state index in [2.05, 4.69) is 9.88 Å². The number of aromatic nitrogens is 1. The van der Waals surface area contributed by atoms with Crippen LogP contribution >= 0.6 is 0 Å². The first-order valence-corrected chi connectivity index (χ1v) is 9.29. The van der Waals surface area contributed by atoms with Gasteiger partial charge in [0.2, 0.25) is 10.0 Å². The van der Waals surface area contributed by atoms with Crippen LogP contribution in [-0.4, -0.2) is 48.8 Å². The molecule has 0 spiro atoms. The van der Waals surface area contributed by atoms with Gasteiger partial charge in [-0.05, 0) is 42.8 Å². The molecule has 0 unspecified atom stereocenters. The van der Waals surface area contributed by atoms with E-state index in [9.17, 15) is 12.8 Å². The number of aryl methyl sites for hydroxylation is 1. The van der Waals surface area contributed by atoms with Crippen molar-refractivity contribution in [3.63, 3.8) is 0 Å². The topological polar surface area (TPSA) is 53.5 Å². The van der Waals surface area contributed by atoms with Crippen molar-refractivity contribution in [1.29, 1.82) is 0 Å². The third-order valence-corrected chi connectivity index (χ3v) is 6.26. The predicted octanol–water partition coefficient (Wildman–Crippen LogP) is 2.04. The van der Waals surface area contributed by atoms with E-state index in [-0.39, 0.29) is 4.90 Å². The highest BCUT2D eigenvalue weighted by Gasteiger charge is 2.29. The standard InChI is InChI=1S/C17H20FN3O2S/c1-14-12-15(18)5-6-17(14)24(22,23)21-10-8-20(9-11-21)13-16-4-2-3-7-19-16/h2-7,12H,8-11,13H2,1H3. The normalized spacial score (nSPS) is 17.1. The van der Waals surface area contributed by atoms with E-state index >= 15 is 0 Å². The first-order valence-electron chi connectivity index (χ1n) is 7.85. The first-order chi connectivity index (χ1) is 11.5. The van der Waals surface area contributed by atoms with Gasteiger partial charge in [-0.3, -0.25) is 9.88 Å². The van der Waals surface area contributed by atoms with Crippen LogP contribution in [0.15, 0.2) is 47.5 Å². The van der Waals surface area contributed by atoms with Crippen LogP contribution in [0.25, 0.3) is 0 Å². The van der Waals surface area contributed by atoms with Crippen LogP contribution in [0.2, 0.25) is 0 Å². The molecule has 0 atom stereocenters. The third-order valence-electron chi connectivity index (χ3n) is 4.20. The molecule has 1 aliphatic rings. The minimum Gasteiger partial charge on any atom is -0.295 e. The van der Waals surface area contributed by atoms with E-state index in [1.807, 2.05) is 18.2 Å². The Balaban J connectivity index is 1.67. The molecule has 2 heterocycles. The second kappa shape index (κ2) is 6.96. The summed E-state index contributed by atoms with van der Waals surface area (Å²) < 4.78 is 40.2. The number of pyridine rings is 1. The number of hydrogen-bond donors (Lipinski definition) is 0. The molecule has 1 aromatic carbocycles. The van der Waals surface area contributed by atoms with Gasteiger partial charge in [-0.1, -0.05) is 6.07 Å². The fraction of sp³-hybridized carbons (Fsp3) is 0.353. The Bertz CT molecular complexity index is 804. The molecule has 1 fully saturated rings. The van der Waals surface area contributed by atoms with E-state index in [1.54, 1.807) is 13.1 Å². The Kier molecular flexibility index (Phi) is 4.93. The van der Waals surface area contributed by atoms with Gasteiger partial charge in [-0.25, -0.2) is 12.8 Å². The average molecular weight is 349 g/mol. The fourth-order valence-corrected chi connectivity index (χ4v) is 4.52. The summed E-state index contributed by atoms with van der Waals surface area (Å²) in [7, 11) is -3.58. The van der Waals surface area contributed by atoms with Gasteiger partial charge in [-0.2, -0.15) is 4.31 Å². The van der Waals surface area contributed by atoms with Gasteiger partial charge in [0.25, 0.3) is 0 Å². The SMILES string of the molecule is Cc1cc(F)ccc1S(=O)(=O)N1CCN(Cc2ccccn2)CC1. The lowest BCUT2D eigenvalue weighted by Gasteiger charge is -2.34. The lowest BCUT2D eigenvalue weighted by atomic mass is 10.2. The van der Waals surface area contributed by atoms with Gasteiger partial charge in [0.15, 0.2) is 0 Å². The second-order valence-corrected chi connectivity index (χ2v) is 7.82. The van der Waals surface area contributed by atoms with Crippen LogP contribution in [0, 0.1) is 12.7 Å². The molecule has 1 aliphatic heterocycles. The summed E-state index contributed by atoms with van der Waals surface area (Å²) in [6.07, 6.45) is 1.76. The van der Waals surface area contributed by atoms with E-state index in [0.29, 0.717) is 38.3 Å². The number of rotatable bonds is 4. The monoisotopic (exact) mass is 349 g/mol. The zero-order chi connectivity index (χ0) is 17.2. The van der Waals surface area contributed by atoms with E-state index in [4.69, 9.17) is 0 Å². The zero-order valence-electron chi connectivity index (χ0n) is 13.5. The van der Waals surface area contributed by atoms with Crippen LogP contribution in [0.5, 0.6) is 0 Å². The van der Waals surface area contributed by atoms with Crippen LogP contribution in [0.3, 0.4) is 0 Å². The quantitative estimate of drug-likeness (QED) is 0.848. The molecule has 128 valence electrons. The van der Waals surface area contributed by atoms with Crippen LogP contribution in [0.1, 0.15) is 11.3 Å². The van der Waals surface area contributed by atoms with Gasteiger partial charge in [-0.15, -0.1) is 0 Å². The molecule has 1 aromatic heterocycles. The molecule has 5 nitrogen and oxygen atoms in total. The maximum atomic E-state index is 13.2. The highest BCUT2D eigenvalue weighted by molar-refractivity contribution is 7.89. The molecule has 0 saturated carbocycles. The van der Waals surface area contributed by atoms with Gasteiger partial charge in [0, 0.05) is 38.9 Å². The number of sulfonamides is 1. The van der Waals surface area contributed by atoms with Crippen LogP contribution in [-0.2, 0) is 16.6 Å². The largest absolute Gasteiger partial charge is 0.295 e. The highest BCUT2D eigenvalue weighted by Crippen LogP contribution is 2.22. The van der Waals surface area contributed by atoms with Gasteiger partial charge >= 0.3 is 0 Å². The number of benzene rings is 1. The van der Waals surface area contributed by atoms with Crippen molar-refractivity contribution >= 4 is 10.0 Å². The van der Waals surface area contributed by atoms with Gasteiger partial charge in [0.05, 0.1) is 10.6 Å². The summed E-state index contributed by atoms with van der Waals surface area (Å²) >= 11 is 0. The molecule has 0 aliphatic carbocycles. The van der Waals surface area contributed by atoms with E-state index in [1.165, 1.54) is 22.5 Å². The zero-order valence-corrected chi connectivity index (χ0v) is 14.3. The summed E-state index contributed by atoms with van der Waals surface area (Å²) in [6.45, 7) is 4.47. The Hall–Kier alpha value is -1.83. The summed E-state index contributed by atoms with van der Waals surface area (Å²) in [5.74, 6) is -0.424. The number of piperazine rings is 1. The highest BCUT2D eigenvalue weighted by atomic mass is 32.2. The molecule has 0 amide bonds. The maximum Gasteiger partial charge on any atom is 0.243 e. The third kappa shape index (κ3) is 3.63. The summed E-state index contributed by atoms with van der Waals surface area (Å²) in [5, 5.41) is 0. The molecule has 1 saturated heterocycles. The van der Waals surface area contributed by atoms with Crippen molar-refractivity contribution < 1.29 is 12.8 Å². The molecule has 7 heteroatoms. The number of hydrogen-bond acceptors (Lipinski definition) is 4. The summed E-state index contributed by atoms with van der Waals surface area (Å²) in [6, 6.07) is 9.58. The van der Waals surface area contributed by atoms with Crippen molar-refractivity contribution in [2.45, 2.75) is 18.4 Å². The maximum absolute atomic E-state index is 13.2. The number of halogens is 1. The van der Waals surface area contributed by atoms with Crippen molar-refractivity contribution in [2.24, 2.45) is 0 Å². The second-order valence-electron chi connectivity index (χ2n) is 5.91. The van der Waals surface area contributed by atoms with Crippen LogP contribution in [0.4, 0.5) is 4.39 Å². The lowest BCUT2D eigenvalue weighted by Crippen LogP contribution is -2.48. The van der Waals surface area contributed by atoms with Crippen LogP contribution < -0.4 is 0 Å². The average Bonchev–Trinajstić information content (AvgIpc) is 2.56. The van der Waals surface area contributed by atoms with E-state index in [0.717, 1.165) is 5.69 Å². The molecular formula is C17H20FN3O2S. The Morgan fingerprint density at radius 3 is 2.50 bits per heavy atom. The molecular weight excluding hydrogens is 329 g/mol. The molecule has 0 radical (unpaired) electrons. The Morgan fingerprint density at radius 2 is 1.88 bits per heavy atom. The Labute approximate surface area is 141 Å². The molecule has 0 bridgehead atoms. The molecule has 3 rings (SSSR count). The van der Waals surface area contributed by atoms with Crippen molar-refractivity contribution in [3.05, 3.63) is 59.7 Å². The van der Waals surface area contributed by atoms with Crippen molar-refractivity contribution in [1.82, 2.24) is 14.2 Å². The molecule has 24 heavy (non-hydrogen) atoms. The Morgan fingerprint density at radius 1 is 1.12 bits per heavy atom. The summed E-state index contributed by atoms with van der Waals surface area (Å²) in [5.41, 5.74) is 1.41.